The van der Waals surface area contributed by atoms with Gasteiger partial charge in [0.1, 0.15) is 5.69 Å². The normalized spacial score (nSPS) is 19.1. The van der Waals surface area contributed by atoms with Gasteiger partial charge in [-0.3, -0.25) is 4.79 Å². The zero-order valence-electron chi connectivity index (χ0n) is 17.8. The minimum absolute atomic E-state index is 0.0140. The average Bonchev–Trinajstić information content (AvgIpc) is 3.40. The number of pyridine rings is 1. The van der Waals surface area contributed by atoms with Crippen molar-refractivity contribution in [1.29, 1.82) is 0 Å². The fraction of sp³-hybridized carbons (Fsp3) is 0.524. The van der Waals surface area contributed by atoms with Crippen LogP contribution in [-0.4, -0.2) is 41.6 Å². The number of carboxylic acid groups (broad SMARTS) is 1. The smallest absolute Gasteiger partial charge is 0.492 e. The molecule has 9 nitrogen and oxygen atoms in total. The van der Waals surface area contributed by atoms with Gasteiger partial charge >= 0.3 is 6.16 Å². The third-order valence-electron chi connectivity index (χ3n) is 6.24. The molecule has 2 heterocycles. The number of nitrogens with zero attached hydrogens (tertiary/aromatic N) is 2. The fourth-order valence-corrected chi connectivity index (χ4v) is 4.39. The number of aromatic nitrogens is 1. The molecule has 4 rings (SSSR count). The molecular formula is C21H27FN4O5. The number of fused-ring (bicyclic) bond motifs is 1. The highest BCUT2D eigenvalue weighted by Crippen LogP contribution is 2.47. The Morgan fingerprint density at radius 3 is 2.52 bits per heavy atom. The Morgan fingerprint density at radius 2 is 2.00 bits per heavy atom. The van der Waals surface area contributed by atoms with Crippen LogP contribution in [0.2, 0.25) is 0 Å². The molecule has 168 valence electrons. The van der Waals surface area contributed by atoms with Gasteiger partial charge in [-0.15, -0.1) is 0 Å². The van der Waals surface area contributed by atoms with E-state index in [0.717, 1.165) is 19.3 Å². The Labute approximate surface area is 178 Å². The third kappa shape index (κ3) is 3.54. The number of hydrogen-bond donors (Lipinski definition) is 3. The minimum atomic E-state index is -1.63. The monoisotopic (exact) mass is 434 g/mol. The summed E-state index contributed by atoms with van der Waals surface area (Å²) in [6.45, 7) is 4.98. The molecule has 0 spiro atoms. The van der Waals surface area contributed by atoms with E-state index in [1.807, 2.05) is 18.7 Å². The predicted molar refractivity (Wildman–Crippen MR) is 115 cm³/mol. The molecular weight excluding hydrogens is 407 g/mol. The topological polar surface area (TPSA) is 133 Å². The molecule has 1 aromatic carbocycles. The highest BCUT2D eigenvalue weighted by molar-refractivity contribution is 6.01. The van der Waals surface area contributed by atoms with Gasteiger partial charge in [0, 0.05) is 24.7 Å². The summed E-state index contributed by atoms with van der Waals surface area (Å²) >= 11 is 0. The zero-order chi connectivity index (χ0) is 22.7. The molecule has 2 aliphatic rings. The second kappa shape index (κ2) is 7.30. The summed E-state index contributed by atoms with van der Waals surface area (Å²) in [6.07, 6.45) is 2.15. The van der Waals surface area contributed by atoms with E-state index in [-0.39, 0.29) is 34.5 Å². The lowest BCUT2D eigenvalue weighted by Crippen LogP contribution is -2.42. The number of methoxy groups -OCH3 is 1. The van der Waals surface area contributed by atoms with Crippen LogP contribution in [0.25, 0.3) is 10.9 Å². The van der Waals surface area contributed by atoms with E-state index in [0.29, 0.717) is 18.6 Å². The molecule has 5 N–H and O–H groups in total. The molecule has 1 aliphatic heterocycles. The first-order valence-electron chi connectivity index (χ1n) is 10.2. The number of nitrogens with two attached hydrogens (primary N) is 2. The summed E-state index contributed by atoms with van der Waals surface area (Å²) in [5.74, 6) is -0.848. The highest BCUT2D eigenvalue weighted by atomic mass is 19.1. The van der Waals surface area contributed by atoms with Gasteiger partial charge in [0.05, 0.1) is 29.9 Å². The molecule has 0 bridgehead atoms. The lowest BCUT2D eigenvalue weighted by atomic mass is 9.88. The van der Waals surface area contributed by atoms with Crippen molar-refractivity contribution >= 4 is 28.4 Å². The molecule has 1 aliphatic carbocycles. The van der Waals surface area contributed by atoms with Gasteiger partial charge in [-0.1, -0.05) is 0 Å². The number of hydrogen-bond acceptors (Lipinski definition) is 7. The Balaban J connectivity index is 1.98. The van der Waals surface area contributed by atoms with E-state index in [9.17, 15) is 9.59 Å². The molecule has 2 fully saturated rings. The second-order valence-electron chi connectivity index (χ2n) is 8.91. The van der Waals surface area contributed by atoms with Gasteiger partial charge in [-0.05, 0) is 39.0 Å². The third-order valence-corrected chi connectivity index (χ3v) is 6.24. The van der Waals surface area contributed by atoms with Crippen molar-refractivity contribution in [1.82, 2.24) is 4.57 Å². The summed E-state index contributed by atoms with van der Waals surface area (Å²) in [5.41, 5.74) is 11.4. The maximum absolute atomic E-state index is 15.6. The van der Waals surface area contributed by atoms with Crippen molar-refractivity contribution in [2.45, 2.75) is 44.7 Å². The Kier molecular flexibility index (Phi) is 5.00. The molecule has 0 amide bonds. The van der Waals surface area contributed by atoms with Crippen LogP contribution in [0.3, 0.4) is 0 Å². The lowest BCUT2D eigenvalue weighted by Gasteiger charge is -2.29. The Hall–Kier alpha value is -3.01. The first-order chi connectivity index (χ1) is 14.5. The molecule has 31 heavy (non-hydrogen) atoms. The maximum Gasteiger partial charge on any atom is 0.511 e. The maximum atomic E-state index is 15.6. The van der Waals surface area contributed by atoms with E-state index < -0.39 is 28.7 Å². The van der Waals surface area contributed by atoms with Gasteiger partial charge in [-0.25, -0.2) is 9.18 Å². The lowest BCUT2D eigenvalue weighted by molar-refractivity contribution is 0.143. The predicted octanol–water partition coefficient (Wildman–Crippen LogP) is 2.69. The highest BCUT2D eigenvalue weighted by Gasteiger charge is 2.37. The Morgan fingerprint density at radius 1 is 1.32 bits per heavy atom. The van der Waals surface area contributed by atoms with Crippen LogP contribution >= 0.6 is 0 Å². The second-order valence-corrected chi connectivity index (χ2v) is 8.91. The largest absolute Gasteiger partial charge is 0.511 e. The number of nitrogen functional groups attached to an aromatic ring is 1. The number of rotatable bonds is 5. The van der Waals surface area contributed by atoms with E-state index in [4.69, 9.17) is 21.3 Å². The summed E-state index contributed by atoms with van der Waals surface area (Å²) in [7, 11) is 1.41. The first-order valence-corrected chi connectivity index (χ1v) is 10.2. The first kappa shape index (κ1) is 21.2. The molecule has 1 saturated heterocycles. The molecule has 10 heteroatoms. The van der Waals surface area contributed by atoms with Crippen molar-refractivity contribution in [2.75, 3.05) is 30.8 Å². The van der Waals surface area contributed by atoms with Crippen LogP contribution < -0.4 is 31.3 Å². The minimum Gasteiger partial charge on any atom is -0.492 e. The summed E-state index contributed by atoms with van der Waals surface area (Å²) in [6, 6.07) is 0.0140. The summed E-state index contributed by atoms with van der Waals surface area (Å²) < 4.78 is 27.6. The average molecular weight is 434 g/mol. The SMILES string of the molecule is COc1c(N2CC[C@H](C(C)(C)N)C2)c(F)c(N)c2c(=O)c(OC(=O)O)cn(C3CC3)c12. The fourth-order valence-electron chi connectivity index (χ4n) is 4.39. The van der Waals surface area contributed by atoms with Crippen molar-refractivity contribution in [3.05, 3.63) is 22.2 Å². The quantitative estimate of drug-likeness (QED) is 0.483. The van der Waals surface area contributed by atoms with Crippen LogP contribution in [0.15, 0.2) is 11.0 Å². The van der Waals surface area contributed by atoms with Gasteiger partial charge in [-0.2, -0.15) is 0 Å². The number of ether oxygens (including phenoxy) is 2. The van der Waals surface area contributed by atoms with E-state index in [1.54, 1.807) is 4.57 Å². The number of halogens is 1. The standard InChI is InChI=1S/C21H27FN4O5/c1-21(2,24)10-6-7-25(8-10)17-14(22)15(23)13-16(19(17)30-3)26(11-4-5-11)9-12(18(13)27)31-20(28)29/h9-11H,4-8,23-24H2,1-3H3,(H,28,29)/t10-/m0/s1. The van der Waals surface area contributed by atoms with Crippen LogP contribution in [-0.2, 0) is 0 Å². The van der Waals surface area contributed by atoms with Gasteiger partial charge in [0.15, 0.2) is 17.3 Å². The molecule has 0 radical (unpaired) electrons. The van der Waals surface area contributed by atoms with Gasteiger partial charge in [0.25, 0.3) is 0 Å². The molecule has 1 atom stereocenters. The molecule has 0 unspecified atom stereocenters. The summed E-state index contributed by atoms with van der Waals surface area (Å²) in [4.78, 5) is 25.9. The van der Waals surface area contributed by atoms with E-state index >= 15 is 4.39 Å². The Bertz CT molecular complexity index is 1120. The van der Waals surface area contributed by atoms with Crippen LogP contribution in [0.5, 0.6) is 11.5 Å². The van der Waals surface area contributed by atoms with Gasteiger partial charge < -0.3 is 35.5 Å². The van der Waals surface area contributed by atoms with Crippen molar-refractivity contribution < 1.29 is 23.8 Å². The van der Waals surface area contributed by atoms with Crippen LogP contribution in [0, 0.1) is 11.7 Å². The molecule has 1 saturated carbocycles. The van der Waals surface area contributed by atoms with E-state index in [1.165, 1.54) is 13.3 Å². The van der Waals surface area contributed by atoms with Crippen LogP contribution in [0.1, 0.15) is 39.2 Å². The van der Waals surface area contributed by atoms with Crippen LogP contribution in [0.4, 0.5) is 20.6 Å². The summed E-state index contributed by atoms with van der Waals surface area (Å²) in [5, 5.41) is 8.85. The molecule has 1 aromatic heterocycles. The van der Waals surface area contributed by atoms with Gasteiger partial charge in [0.2, 0.25) is 5.43 Å². The zero-order valence-corrected chi connectivity index (χ0v) is 17.8. The van der Waals surface area contributed by atoms with Crippen molar-refractivity contribution in [2.24, 2.45) is 11.7 Å². The molecule has 2 aromatic rings. The van der Waals surface area contributed by atoms with Crippen molar-refractivity contribution in [3.63, 3.8) is 0 Å². The number of benzene rings is 1. The van der Waals surface area contributed by atoms with E-state index in [2.05, 4.69) is 4.74 Å². The number of carbonyl (C=O) groups is 1. The number of anilines is 2. The van der Waals surface area contributed by atoms with Crippen molar-refractivity contribution in [3.8, 4) is 11.5 Å².